The Morgan fingerprint density at radius 3 is 2.59 bits per heavy atom. The normalized spacial score (nSPS) is 19.4. The van der Waals surface area contributed by atoms with E-state index in [0.29, 0.717) is 18.0 Å². The quantitative estimate of drug-likeness (QED) is 0.460. The van der Waals surface area contributed by atoms with Crippen molar-refractivity contribution in [1.29, 1.82) is 0 Å². The summed E-state index contributed by atoms with van der Waals surface area (Å²) in [5.74, 6) is 0.429. The van der Waals surface area contributed by atoms with E-state index in [9.17, 15) is 0 Å². The number of hydrogen-bond donors (Lipinski definition) is 2. The SMILES string of the molecule is Cc1cccc(C(CCNC2CCNCC2)c2cn(C3CCCCC3)c3ccccc23)c1. The molecule has 3 nitrogen and oxygen atoms in total. The zero-order valence-electron chi connectivity index (χ0n) is 19.7. The smallest absolute Gasteiger partial charge is 0.0485 e. The third-order valence-corrected chi connectivity index (χ3v) is 7.76. The molecule has 1 atom stereocenters. The number of rotatable bonds is 7. The van der Waals surface area contributed by atoms with Gasteiger partial charge in [0.1, 0.15) is 0 Å². The molecule has 3 aromatic rings. The van der Waals surface area contributed by atoms with Crippen molar-refractivity contribution in [3.63, 3.8) is 0 Å². The van der Waals surface area contributed by atoms with Crippen LogP contribution in [0.4, 0.5) is 0 Å². The summed E-state index contributed by atoms with van der Waals surface area (Å²) in [5.41, 5.74) is 5.76. The third-order valence-electron chi connectivity index (χ3n) is 7.76. The van der Waals surface area contributed by atoms with E-state index in [1.54, 1.807) is 0 Å². The predicted octanol–water partition coefficient (Wildman–Crippen LogP) is 6.32. The maximum Gasteiger partial charge on any atom is 0.0485 e. The van der Waals surface area contributed by atoms with Gasteiger partial charge in [-0.2, -0.15) is 0 Å². The number of fused-ring (bicyclic) bond motifs is 1. The fraction of sp³-hybridized carbons (Fsp3) is 0.517. The van der Waals surface area contributed by atoms with Crippen molar-refractivity contribution in [2.24, 2.45) is 0 Å². The number of nitrogens with one attached hydrogen (secondary N) is 2. The van der Waals surface area contributed by atoms with Crippen molar-refractivity contribution in [2.45, 2.75) is 76.3 Å². The summed E-state index contributed by atoms with van der Waals surface area (Å²) >= 11 is 0. The zero-order chi connectivity index (χ0) is 21.8. The van der Waals surface area contributed by atoms with Crippen LogP contribution in [-0.4, -0.2) is 30.2 Å². The lowest BCUT2D eigenvalue weighted by Crippen LogP contribution is -2.40. The minimum atomic E-state index is 0.429. The highest BCUT2D eigenvalue weighted by Gasteiger charge is 2.24. The van der Waals surface area contributed by atoms with Gasteiger partial charge < -0.3 is 15.2 Å². The molecule has 2 heterocycles. The number of piperidine rings is 1. The molecule has 0 spiro atoms. The number of para-hydroxylation sites is 1. The molecule has 1 aliphatic carbocycles. The Kier molecular flexibility index (Phi) is 6.95. The Hall–Kier alpha value is -2.10. The molecule has 5 rings (SSSR count). The molecule has 170 valence electrons. The molecule has 2 fully saturated rings. The van der Waals surface area contributed by atoms with Crippen LogP contribution >= 0.6 is 0 Å². The molecular weight excluding hydrogens is 390 g/mol. The van der Waals surface area contributed by atoms with E-state index >= 15 is 0 Å². The van der Waals surface area contributed by atoms with Gasteiger partial charge in [0.05, 0.1) is 0 Å². The van der Waals surface area contributed by atoms with Crippen LogP contribution in [0.25, 0.3) is 10.9 Å². The first-order chi connectivity index (χ1) is 15.8. The molecule has 0 radical (unpaired) electrons. The van der Waals surface area contributed by atoms with Crippen LogP contribution in [0.3, 0.4) is 0 Å². The Balaban J connectivity index is 1.47. The minimum Gasteiger partial charge on any atom is -0.344 e. The maximum absolute atomic E-state index is 3.88. The lowest BCUT2D eigenvalue weighted by atomic mass is 9.87. The van der Waals surface area contributed by atoms with E-state index in [1.807, 2.05) is 0 Å². The topological polar surface area (TPSA) is 29.0 Å². The average molecular weight is 430 g/mol. The third kappa shape index (κ3) is 4.79. The molecule has 1 aromatic heterocycles. The molecule has 0 bridgehead atoms. The lowest BCUT2D eigenvalue weighted by molar-refractivity contribution is 0.360. The van der Waals surface area contributed by atoms with Crippen molar-refractivity contribution < 1.29 is 0 Å². The van der Waals surface area contributed by atoms with Gasteiger partial charge in [-0.1, -0.05) is 67.3 Å². The van der Waals surface area contributed by atoms with E-state index in [4.69, 9.17) is 0 Å². The van der Waals surface area contributed by atoms with Crippen molar-refractivity contribution >= 4 is 10.9 Å². The Morgan fingerprint density at radius 1 is 0.969 bits per heavy atom. The fourth-order valence-corrected chi connectivity index (χ4v) is 6.02. The van der Waals surface area contributed by atoms with Gasteiger partial charge in [0.25, 0.3) is 0 Å². The molecular formula is C29H39N3. The van der Waals surface area contributed by atoms with Crippen molar-refractivity contribution in [3.8, 4) is 0 Å². The molecule has 3 heteroatoms. The van der Waals surface area contributed by atoms with Crippen LogP contribution in [-0.2, 0) is 0 Å². The van der Waals surface area contributed by atoms with Gasteiger partial charge >= 0.3 is 0 Å². The first-order valence-electron chi connectivity index (χ1n) is 12.9. The average Bonchev–Trinajstić information content (AvgIpc) is 3.22. The van der Waals surface area contributed by atoms with Gasteiger partial charge in [0, 0.05) is 35.1 Å². The van der Waals surface area contributed by atoms with Gasteiger partial charge in [-0.05, 0) is 75.9 Å². The fourth-order valence-electron chi connectivity index (χ4n) is 6.02. The Bertz CT molecular complexity index is 1010. The predicted molar refractivity (Wildman–Crippen MR) is 136 cm³/mol. The second-order valence-electron chi connectivity index (χ2n) is 10.0. The molecule has 1 aliphatic heterocycles. The van der Waals surface area contributed by atoms with E-state index in [2.05, 4.69) is 76.9 Å². The maximum atomic E-state index is 3.88. The lowest BCUT2D eigenvalue weighted by Gasteiger charge is -2.25. The van der Waals surface area contributed by atoms with Crippen LogP contribution in [0.15, 0.2) is 54.7 Å². The summed E-state index contributed by atoms with van der Waals surface area (Å²) in [6, 6.07) is 19.7. The largest absolute Gasteiger partial charge is 0.344 e. The first-order valence-corrected chi connectivity index (χ1v) is 12.9. The molecule has 2 aliphatic rings. The molecule has 0 amide bonds. The summed E-state index contributed by atoms with van der Waals surface area (Å²) in [6.45, 7) is 5.59. The van der Waals surface area contributed by atoms with Crippen LogP contribution in [0, 0.1) is 6.92 Å². The van der Waals surface area contributed by atoms with Crippen LogP contribution < -0.4 is 10.6 Å². The molecule has 1 unspecified atom stereocenters. The number of aromatic nitrogens is 1. The number of benzene rings is 2. The summed E-state index contributed by atoms with van der Waals surface area (Å²) in [5, 5.41) is 8.81. The highest BCUT2D eigenvalue weighted by Crippen LogP contribution is 2.39. The van der Waals surface area contributed by atoms with Crippen LogP contribution in [0.1, 0.15) is 80.0 Å². The molecule has 32 heavy (non-hydrogen) atoms. The summed E-state index contributed by atoms with van der Waals surface area (Å²) in [6.07, 6.45) is 12.9. The first kappa shape index (κ1) is 21.7. The monoisotopic (exact) mass is 429 g/mol. The zero-order valence-corrected chi connectivity index (χ0v) is 19.7. The van der Waals surface area contributed by atoms with Crippen molar-refractivity contribution in [2.75, 3.05) is 19.6 Å². The number of aryl methyl sites for hydroxylation is 1. The molecule has 1 saturated heterocycles. The minimum absolute atomic E-state index is 0.429. The molecule has 2 N–H and O–H groups in total. The van der Waals surface area contributed by atoms with E-state index < -0.39 is 0 Å². The van der Waals surface area contributed by atoms with Gasteiger partial charge in [-0.25, -0.2) is 0 Å². The molecule has 1 saturated carbocycles. The van der Waals surface area contributed by atoms with Gasteiger partial charge in [-0.3, -0.25) is 0 Å². The van der Waals surface area contributed by atoms with Crippen molar-refractivity contribution in [1.82, 2.24) is 15.2 Å². The van der Waals surface area contributed by atoms with Gasteiger partial charge in [0.15, 0.2) is 0 Å². The van der Waals surface area contributed by atoms with Crippen LogP contribution in [0.5, 0.6) is 0 Å². The van der Waals surface area contributed by atoms with E-state index in [0.717, 1.165) is 26.1 Å². The second kappa shape index (κ2) is 10.2. The van der Waals surface area contributed by atoms with Crippen molar-refractivity contribution in [3.05, 3.63) is 71.4 Å². The Morgan fingerprint density at radius 2 is 1.78 bits per heavy atom. The Labute approximate surface area is 193 Å². The van der Waals surface area contributed by atoms with Gasteiger partial charge in [-0.15, -0.1) is 0 Å². The second-order valence-corrected chi connectivity index (χ2v) is 10.0. The highest BCUT2D eigenvalue weighted by atomic mass is 15.0. The van der Waals surface area contributed by atoms with E-state index in [-0.39, 0.29) is 0 Å². The van der Waals surface area contributed by atoms with E-state index in [1.165, 1.54) is 72.5 Å². The molecule has 2 aromatic carbocycles. The number of nitrogens with zero attached hydrogens (tertiary/aromatic N) is 1. The highest BCUT2D eigenvalue weighted by molar-refractivity contribution is 5.85. The standard InChI is InChI=1S/C29H39N3/c1-22-8-7-9-23(20-22)26(16-19-31-24-14-17-30-18-15-24)28-21-32(25-10-3-2-4-11-25)29-13-6-5-12-27(28)29/h5-9,12-13,20-21,24-26,30-31H,2-4,10-11,14-19H2,1H3. The number of hydrogen-bond acceptors (Lipinski definition) is 2. The summed E-state index contributed by atoms with van der Waals surface area (Å²) < 4.78 is 2.63. The van der Waals surface area contributed by atoms with Gasteiger partial charge in [0.2, 0.25) is 0 Å². The summed E-state index contributed by atoms with van der Waals surface area (Å²) in [7, 11) is 0. The summed E-state index contributed by atoms with van der Waals surface area (Å²) in [4.78, 5) is 0. The van der Waals surface area contributed by atoms with Crippen LogP contribution in [0.2, 0.25) is 0 Å².